The second-order valence-electron chi connectivity index (χ2n) is 8.94. The lowest BCUT2D eigenvalue weighted by molar-refractivity contribution is -0.137. The lowest BCUT2D eigenvalue weighted by Gasteiger charge is -2.29. The molecule has 0 saturated heterocycles. The third-order valence-electron chi connectivity index (χ3n) is 6.37. The van der Waals surface area contributed by atoms with Crippen LogP contribution in [0.5, 0.6) is 5.75 Å². The Morgan fingerprint density at radius 2 is 1.76 bits per heavy atom. The first-order chi connectivity index (χ1) is 18.3. The normalized spacial score (nSPS) is 13.1. The van der Waals surface area contributed by atoms with Gasteiger partial charge in [-0.1, -0.05) is 36.4 Å². The summed E-state index contributed by atoms with van der Waals surface area (Å²) in [6, 6.07) is 18.8. The van der Waals surface area contributed by atoms with E-state index in [1.165, 1.54) is 12.1 Å². The second kappa shape index (κ2) is 10.7. The Morgan fingerprint density at radius 3 is 2.50 bits per heavy atom. The van der Waals surface area contributed by atoms with E-state index < -0.39 is 17.8 Å². The maximum atomic E-state index is 12.9. The fourth-order valence-corrected chi connectivity index (χ4v) is 5.07. The number of benzene rings is 3. The lowest BCUT2D eigenvalue weighted by Crippen LogP contribution is -2.36. The predicted octanol–water partition coefficient (Wildman–Crippen LogP) is 7.17. The highest BCUT2D eigenvalue weighted by atomic mass is 32.1. The molecule has 0 bridgehead atoms. The van der Waals surface area contributed by atoms with Crippen LogP contribution in [-0.4, -0.2) is 23.4 Å². The van der Waals surface area contributed by atoms with Gasteiger partial charge in [-0.25, -0.2) is 4.79 Å². The number of carbonyl (C=O) groups is 2. The number of carbonyl (C=O) groups excluding carboxylic acids is 2. The molecule has 0 fully saturated rings. The molecule has 2 heterocycles. The topological polar surface area (TPSA) is 58.6 Å². The van der Waals surface area contributed by atoms with E-state index in [2.05, 4.69) is 5.32 Å². The number of fused-ring (bicyclic) bond motifs is 1. The summed E-state index contributed by atoms with van der Waals surface area (Å²) < 4.78 is 44.3. The number of rotatable bonds is 5. The Labute approximate surface area is 221 Å². The third-order valence-corrected chi connectivity index (χ3v) is 7.10. The van der Waals surface area contributed by atoms with Crippen LogP contribution in [0.4, 0.5) is 23.7 Å². The maximum Gasteiger partial charge on any atom is 0.417 e. The van der Waals surface area contributed by atoms with Gasteiger partial charge in [-0.05, 0) is 75.8 Å². The first-order valence-corrected chi connectivity index (χ1v) is 12.9. The summed E-state index contributed by atoms with van der Waals surface area (Å²) in [5.74, 6) is 0.314. The number of thiophene rings is 1. The molecule has 1 aliphatic rings. The first kappa shape index (κ1) is 25.5. The summed E-state index contributed by atoms with van der Waals surface area (Å²) in [5, 5.41) is 6.66. The summed E-state index contributed by atoms with van der Waals surface area (Å²) in [7, 11) is 0. The van der Waals surface area contributed by atoms with E-state index in [0.29, 0.717) is 42.7 Å². The molecule has 2 amide bonds. The Morgan fingerprint density at radius 1 is 0.974 bits per heavy atom. The summed E-state index contributed by atoms with van der Waals surface area (Å²) in [5.41, 5.74) is 3.89. The molecule has 5 rings (SSSR count). The summed E-state index contributed by atoms with van der Waals surface area (Å²) in [4.78, 5) is 27.2. The van der Waals surface area contributed by atoms with Gasteiger partial charge in [-0.3, -0.25) is 10.1 Å². The summed E-state index contributed by atoms with van der Waals surface area (Å²) >= 11 is 1.57. The van der Waals surface area contributed by atoms with E-state index in [-0.39, 0.29) is 11.7 Å². The molecule has 9 heteroatoms. The van der Waals surface area contributed by atoms with Crippen molar-refractivity contribution < 1.29 is 27.5 Å². The number of anilines is 1. The largest absolute Gasteiger partial charge is 0.417 e. The molecule has 0 radical (unpaired) electrons. The zero-order chi connectivity index (χ0) is 26.7. The van der Waals surface area contributed by atoms with Gasteiger partial charge in [-0.15, -0.1) is 0 Å². The van der Waals surface area contributed by atoms with E-state index >= 15 is 0 Å². The van der Waals surface area contributed by atoms with Crippen LogP contribution < -0.4 is 10.1 Å². The van der Waals surface area contributed by atoms with Gasteiger partial charge in [0.05, 0.1) is 12.0 Å². The zero-order valence-corrected chi connectivity index (χ0v) is 20.9. The Bertz CT molecular complexity index is 1450. The quantitative estimate of drug-likeness (QED) is 0.294. The van der Waals surface area contributed by atoms with Crippen LogP contribution in [0.1, 0.15) is 22.3 Å². The SMILES string of the molecule is O=C(Nc1ccc2c(c1)CCN(C(=O)Cc1ccsc1)C2)Oc1ccccc1-c1ccc(C(F)(F)F)cc1. The Hall–Kier alpha value is -4.11. The highest BCUT2D eigenvalue weighted by molar-refractivity contribution is 7.08. The molecule has 0 aliphatic carbocycles. The molecule has 38 heavy (non-hydrogen) atoms. The summed E-state index contributed by atoms with van der Waals surface area (Å²) in [6.45, 7) is 1.12. The molecule has 3 aromatic carbocycles. The van der Waals surface area contributed by atoms with Gasteiger partial charge >= 0.3 is 12.3 Å². The van der Waals surface area contributed by atoms with Crippen LogP contribution in [0, 0.1) is 0 Å². The van der Waals surface area contributed by atoms with Gasteiger partial charge in [0, 0.05) is 24.3 Å². The van der Waals surface area contributed by atoms with E-state index in [0.717, 1.165) is 28.8 Å². The first-order valence-electron chi connectivity index (χ1n) is 11.9. The smallest absolute Gasteiger partial charge is 0.409 e. The number of nitrogens with one attached hydrogen (secondary N) is 1. The van der Waals surface area contributed by atoms with Crippen molar-refractivity contribution in [3.05, 3.63) is 106 Å². The minimum Gasteiger partial charge on any atom is -0.409 e. The predicted molar refractivity (Wildman–Crippen MR) is 140 cm³/mol. The molecule has 0 saturated carbocycles. The van der Waals surface area contributed by atoms with Crippen LogP contribution in [0.3, 0.4) is 0 Å². The van der Waals surface area contributed by atoms with Gasteiger partial charge in [-0.2, -0.15) is 24.5 Å². The molecule has 0 spiro atoms. The fraction of sp³-hybridized carbons (Fsp3) is 0.172. The number of ether oxygens (including phenoxy) is 1. The average Bonchev–Trinajstić information content (AvgIpc) is 3.41. The number of hydrogen-bond donors (Lipinski definition) is 1. The number of amides is 2. The van der Waals surface area contributed by atoms with Crippen molar-refractivity contribution in [3.8, 4) is 16.9 Å². The fourth-order valence-electron chi connectivity index (χ4n) is 4.40. The number of nitrogens with zero attached hydrogens (tertiary/aromatic N) is 1. The second-order valence-corrected chi connectivity index (χ2v) is 9.72. The molecular weight excluding hydrogens is 513 g/mol. The van der Waals surface area contributed by atoms with Crippen LogP contribution >= 0.6 is 11.3 Å². The van der Waals surface area contributed by atoms with E-state index in [4.69, 9.17) is 4.74 Å². The van der Waals surface area contributed by atoms with E-state index in [1.54, 1.807) is 41.7 Å². The molecular formula is C29H23F3N2O3S. The minimum atomic E-state index is -4.43. The maximum absolute atomic E-state index is 12.9. The van der Waals surface area contributed by atoms with Gasteiger partial charge in [0.1, 0.15) is 5.75 Å². The molecule has 4 aromatic rings. The molecule has 1 aromatic heterocycles. The van der Waals surface area contributed by atoms with Crippen LogP contribution in [-0.2, 0) is 30.4 Å². The Kier molecular flexibility index (Phi) is 7.20. The van der Waals surface area contributed by atoms with E-state index in [1.807, 2.05) is 33.9 Å². The third kappa shape index (κ3) is 5.89. The van der Waals surface area contributed by atoms with Crippen molar-refractivity contribution in [1.82, 2.24) is 4.90 Å². The van der Waals surface area contributed by atoms with Gasteiger partial charge < -0.3 is 9.64 Å². The number of para-hydroxylation sites is 1. The molecule has 1 aliphatic heterocycles. The molecule has 0 unspecified atom stereocenters. The summed E-state index contributed by atoms with van der Waals surface area (Å²) in [6.07, 6.45) is -4.08. The number of alkyl halides is 3. The Balaban J connectivity index is 1.23. The van der Waals surface area contributed by atoms with Gasteiger partial charge in [0.15, 0.2) is 0 Å². The number of halogens is 3. The molecule has 1 N–H and O–H groups in total. The van der Waals surface area contributed by atoms with Crippen molar-refractivity contribution in [2.24, 2.45) is 0 Å². The minimum absolute atomic E-state index is 0.0894. The van der Waals surface area contributed by atoms with Crippen molar-refractivity contribution in [2.75, 3.05) is 11.9 Å². The van der Waals surface area contributed by atoms with Crippen molar-refractivity contribution >= 4 is 29.0 Å². The van der Waals surface area contributed by atoms with Crippen LogP contribution in [0.15, 0.2) is 83.6 Å². The van der Waals surface area contributed by atoms with Gasteiger partial charge in [0.25, 0.3) is 0 Å². The standard InChI is InChI=1S/C29H23F3N2O3S/c30-29(31,32)23-8-5-20(6-9-23)25-3-1-2-4-26(25)37-28(36)33-24-10-7-22-17-34(13-11-21(22)16-24)27(35)15-19-12-14-38-18-19/h1-10,12,14,16,18H,11,13,15,17H2,(H,33,36). The zero-order valence-electron chi connectivity index (χ0n) is 20.1. The highest BCUT2D eigenvalue weighted by Crippen LogP contribution is 2.34. The lowest BCUT2D eigenvalue weighted by atomic mass is 9.98. The number of hydrogen-bond acceptors (Lipinski definition) is 4. The van der Waals surface area contributed by atoms with Crippen molar-refractivity contribution in [2.45, 2.75) is 25.6 Å². The average molecular weight is 537 g/mol. The van der Waals surface area contributed by atoms with Gasteiger partial charge in [0.2, 0.25) is 5.91 Å². The van der Waals surface area contributed by atoms with Crippen molar-refractivity contribution in [1.29, 1.82) is 0 Å². The molecule has 5 nitrogen and oxygen atoms in total. The van der Waals surface area contributed by atoms with E-state index in [9.17, 15) is 22.8 Å². The van der Waals surface area contributed by atoms with Crippen LogP contribution in [0.25, 0.3) is 11.1 Å². The van der Waals surface area contributed by atoms with Crippen molar-refractivity contribution in [3.63, 3.8) is 0 Å². The molecule has 194 valence electrons. The molecule has 0 atom stereocenters. The highest BCUT2D eigenvalue weighted by Gasteiger charge is 2.30. The monoisotopic (exact) mass is 536 g/mol. The van der Waals surface area contributed by atoms with Crippen LogP contribution in [0.2, 0.25) is 0 Å².